The molecule has 2 aromatic heterocycles. The van der Waals surface area contributed by atoms with E-state index in [0.29, 0.717) is 5.69 Å². The van der Waals surface area contributed by atoms with Crippen molar-refractivity contribution in [1.29, 1.82) is 0 Å². The Morgan fingerprint density at radius 3 is 2.41 bits per heavy atom. The number of rotatable bonds is 3. The first-order chi connectivity index (χ1) is 13.1. The van der Waals surface area contributed by atoms with E-state index in [4.69, 9.17) is 0 Å². The van der Waals surface area contributed by atoms with Crippen LogP contribution in [0.3, 0.4) is 0 Å². The third-order valence-electron chi connectivity index (χ3n) is 4.11. The van der Waals surface area contributed by atoms with Gasteiger partial charge in [-0.2, -0.15) is 0 Å². The lowest BCUT2D eigenvalue weighted by molar-refractivity contribution is -0.122. The fraction of sp³-hybridized carbons (Fsp3) is 0. The minimum absolute atomic E-state index is 0.130. The molecule has 0 bridgehead atoms. The average Bonchev–Trinajstić information content (AvgIpc) is 3.15. The maximum atomic E-state index is 12.9. The molecule has 4 amide bonds. The van der Waals surface area contributed by atoms with Gasteiger partial charge in [-0.05, 0) is 42.5 Å². The number of anilines is 1. The lowest BCUT2D eigenvalue weighted by atomic mass is 10.1. The normalized spacial score (nSPS) is 15.9. The number of pyridine rings is 1. The van der Waals surface area contributed by atoms with Crippen molar-refractivity contribution in [3.05, 3.63) is 84.5 Å². The second-order valence-corrected chi connectivity index (χ2v) is 5.81. The van der Waals surface area contributed by atoms with Crippen LogP contribution in [-0.4, -0.2) is 27.4 Å². The van der Waals surface area contributed by atoms with Gasteiger partial charge in [0.2, 0.25) is 0 Å². The number of hydrogen-bond acceptors (Lipinski definition) is 4. The lowest BCUT2D eigenvalue weighted by Gasteiger charge is -2.26. The van der Waals surface area contributed by atoms with Gasteiger partial charge >= 0.3 is 6.03 Å². The van der Waals surface area contributed by atoms with Crippen LogP contribution in [0, 0.1) is 0 Å². The van der Waals surface area contributed by atoms with Crippen LogP contribution in [0.5, 0.6) is 0 Å². The maximum Gasteiger partial charge on any atom is 0.336 e. The summed E-state index contributed by atoms with van der Waals surface area (Å²) < 4.78 is 1.85. The van der Waals surface area contributed by atoms with Gasteiger partial charge in [-0.25, -0.2) is 9.69 Å². The summed E-state index contributed by atoms with van der Waals surface area (Å²) in [5, 5.41) is 2.20. The first-order valence-corrected chi connectivity index (χ1v) is 8.19. The van der Waals surface area contributed by atoms with Crippen molar-refractivity contribution >= 4 is 29.6 Å². The molecule has 3 heterocycles. The van der Waals surface area contributed by atoms with Gasteiger partial charge in [-0.3, -0.25) is 19.9 Å². The highest BCUT2D eigenvalue weighted by Gasteiger charge is 2.37. The number of carbonyl (C=O) groups is 3. The second kappa shape index (κ2) is 6.72. The number of barbiturate groups is 1. The molecule has 132 valence electrons. The number of hydrogen-bond donors (Lipinski definition) is 1. The molecule has 7 nitrogen and oxygen atoms in total. The van der Waals surface area contributed by atoms with Gasteiger partial charge in [-0.1, -0.05) is 18.2 Å². The van der Waals surface area contributed by atoms with Crippen molar-refractivity contribution in [3.63, 3.8) is 0 Å². The Bertz CT molecular complexity index is 1060. The van der Waals surface area contributed by atoms with E-state index in [1.807, 2.05) is 47.2 Å². The van der Waals surface area contributed by atoms with Crippen LogP contribution in [0.25, 0.3) is 11.8 Å². The number of urea groups is 1. The molecule has 1 aromatic carbocycles. The number of benzene rings is 1. The highest BCUT2D eigenvalue weighted by molar-refractivity contribution is 6.39. The largest absolute Gasteiger partial charge is 0.336 e. The molecule has 7 heteroatoms. The zero-order valence-corrected chi connectivity index (χ0v) is 14.1. The Hall–Kier alpha value is -4.00. The van der Waals surface area contributed by atoms with Gasteiger partial charge in [0.1, 0.15) is 5.57 Å². The SMILES string of the molecule is O=C1NC(=O)N(c2cccnc2)C(=O)/C1=C/c1cccn1-c1ccccc1. The molecule has 1 aliphatic rings. The van der Waals surface area contributed by atoms with Gasteiger partial charge < -0.3 is 4.57 Å². The van der Waals surface area contributed by atoms with Crippen LogP contribution in [0.2, 0.25) is 0 Å². The Balaban J connectivity index is 1.75. The van der Waals surface area contributed by atoms with Crippen molar-refractivity contribution in [2.24, 2.45) is 0 Å². The molecule has 0 unspecified atom stereocenters. The maximum absolute atomic E-state index is 12.9. The zero-order chi connectivity index (χ0) is 18.8. The molecule has 1 N–H and O–H groups in total. The Morgan fingerprint density at radius 1 is 0.889 bits per heavy atom. The third kappa shape index (κ3) is 3.02. The van der Waals surface area contributed by atoms with Crippen molar-refractivity contribution < 1.29 is 14.4 Å². The van der Waals surface area contributed by atoms with E-state index in [1.165, 1.54) is 18.5 Å². The molecule has 0 radical (unpaired) electrons. The van der Waals surface area contributed by atoms with Crippen molar-refractivity contribution in [2.75, 3.05) is 4.90 Å². The van der Waals surface area contributed by atoms with E-state index in [2.05, 4.69) is 10.3 Å². The minimum Gasteiger partial charge on any atom is -0.317 e. The number of nitrogens with one attached hydrogen (secondary N) is 1. The van der Waals surface area contributed by atoms with Gasteiger partial charge in [0.15, 0.2) is 0 Å². The smallest absolute Gasteiger partial charge is 0.317 e. The quantitative estimate of drug-likeness (QED) is 0.576. The molecule has 3 aromatic rings. The van der Waals surface area contributed by atoms with Crippen LogP contribution < -0.4 is 10.2 Å². The van der Waals surface area contributed by atoms with Crippen LogP contribution in [-0.2, 0) is 9.59 Å². The third-order valence-corrected chi connectivity index (χ3v) is 4.11. The molecule has 27 heavy (non-hydrogen) atoms. The molecular weight excluding hydrogens is 344 g/mol. The molecule has 1 fully saturated rings. The van der Waals surface area contributed by atoms with Gasteiger partial charge in [0.05, 0.1) is 11.9 Å². The van der Waals surface area contributed by atoms with E-state index in [9.17, 15) is 14.4 Å². The van der Waals surface area contributed by atoms with Crippen molar-refractivity contribution in [1.82, 2.24) is 14.9 Å². The van der Waals surface area contributed by atoms with E-state index in [1.54, 1.807) is 18.2 Å². The van der Waals surface area contributed by atoms with Gasteiger partial charge in [0, 0.05) is 23.8 Å². The predicted octanol–water partition coefficient (Wildman–Crippen LogP) is 2.54. The number of nitrogens with zero attached hydrogens (tertiary/aromatic N) is 3. The topological polar surface area (TPSA) is 84.3 Å². The monoisotopic (exact) mass is 358 g/mol. The Morgan fingerprint density at radius 2 is 1.67 bits per heavy atom. The van der Waals surface area contributed by atoms with Gasteiger partial charge in [0.25, 0.3) is 11.8 Å². The van der Waals surface area contributed by atoms with Crippen molar-refractivity contribution in [2.45, 2.75) is 0 Å². The fourth-order valence-corrected chi connectivity index (χ4v) is 2.86. The number of imide groups is 2. The fourth-order valence-electron chi connectivity index (χ4n) is 2.86. The van der Waals surface area contributed by atoms with E-state index in [-0.39, 0.29) is 11.3 Å². The molecule has 1 aliphatic heterocycles. The van der Waals surface area contributed by atoms with E-state index in [0.717, 1.165) is 10.6 Å². The summed E-state index contributed by atoms with van der Waals surface area (Å²) in [7, 11) is 0. The average molecular weight is 358 g/mol. The molecule has 1 saturated heterocycles. The number of para-hydroxylation sites is 1. The zero-order valence-electron chi connectivity index (χ0n) is 14.1. The summed E-state index contributed by atoms with van der Waals surface area (Å²) in [5.74, 6) is -1.43. The summed E-state index contributed by atoms with van der Waals surface area (Å²) in [6.07, 6.45) is 6.22. The molecule has 0 saturated carbocycles. The molecular formula is C20H14N4O3. The lowest BCUT2D eigenvalue weighted by Crippen LogP contribution is -2.54. The second-order valence-electron chi connectivity index (χ2n) is 5.81. The van der Waals surface area contributed by atoms with Crippen LogP contribution in [0.4, 0.5) is 10.5 Å². The standard InChI is InChI=1S/C20H14N4O3/c25-18-17(12-15-9-5-11-23(15)14-6-2-1-3-7-14)19(26)24(20(27)22-18)16-8-4-10-21-13-16/h1-13H,(H,22,25,27)/b17-12+. The number of carbonyl (C=O) groups excluding carboxylic acids is 3. The predicted molar refractivity (Wildman–Crippen MR) is 99.0 cm³/mol. The molecule has 0 atom stereocenters. The first kappa shape index (κ1) is 16.5. The molecule has 0 aliphatic carbocycles. The van der Waals surface area contributed by atoms with Gasteiger partial charge in [-0.15, -0.1) is 0 Å². The van der Waals surface area contributed by atoms with Crippen molar-refractivity contribution in [3.8, 4) is 5.69 Å². The highest BCUT2D eigenvalue weighted by Crippen LogP contribution is 2.22. The molecule has 4 rings (SSSR count). The van der Waals surface area contributed by atoms with E-state index >= 15 is 0 Å². The van der Waals surface area contributed by atoms with Crippen LogP contribution in [0.15, 0.2) is 78.8 Å². The summed E-state index contributed by atoms with van der Waals surface area (Å²) >= 11 is 0. The highest BCUT2D eigenvalue weighted by atomic mass is 16.2. The Labute approximate surface area is 154 Å². The van der Waals surface area contributed by atoms with Crippen LogP contribution >= 0.6 is 0 Å². The summed E-state index contributed by atoms with van der Waals surface area (Å²) in [4.78, 5) is 42.1. The minimum atomic E-state index is -0.798. The van der Waals surface area contributed by atoms with E-state index < -0.39 is 17.8 Å². The summed E-state index contributed by atoms with van der Waals surface area (Å²) in [6, 6.07) is 15.5. The molecule has 0 spiro atoms. The van der Waals surface area contributed by atoms with Crippen LogP contribution in [0.1, 0.15) is 5.69 Å². The Kier molecular flexibility index (Phi) is 4.10. The number of aromatic nitrogens is 2. The summed E-state index contributed by atoms with van der Waals surface area (Å²) in [5.41, 5.74) is 1.68. The first-order valence-electron chi connectivity index (χ1n) is 8.19. The number of amides is 4. The summed E-state index contributed by atoms with van der Waals surface area (Å²) in [6.45, 7) is 0.